The van der Waals surface area contributed by atoms with Crippen LogP contribution in [0.5, 0.6) is 0 Å². The highest BCUT2D eigenvalue weighted by Gasteiger charge is 2.39. The number of hydrogen-bond acceptors (Lipinski definition) is 5. The minimum Gasteiger partial charge on any atom is -0.337 e. The Kier molecular flexibility index (Phi) is 4.48. The molecular formula is C18H15F2N3O3S. The van der Waals surface area contributed by atoms with Gasteiger partial charge in [0, 0.05) is 12.1 Å². The molecule has 9 heteroatoms. The fraction of sp³-hybridized carbons (Fsp3) is 0.222. The summed E-state index contributed by atoms with van der Waals surface area (Å²) in [6, 6.07) is 9.70. The zero-order chi connectivity index (χ0) is 19.0. The predicted molar refractivity (Wildman–Crippen MR) is 92.0 cm³/mol. The van der Waals surface area contributed by atoms with Gasteiger partial charge in [-0.15, -0.1) is 0 Å². The van der Waals surface area contributed by atoms with Gasteiger partial charge in [0.1, 0.15) is 17.7 Å². The molecule has 1 saturated heterocycles. The molecule has 0 bridgehead atoms. The van der Waals surface area contributed by atoms with E-state index < -0.39 is 21.9 Å². The maximum Gasteiger partial charge on any atom is 0.245 e. The van der Waals surface area contributed by atoms with Crippen molar-refractivity contribution in [2.45, 2.75) is 23.8 Å². The summed E-state index contributed by atoms with van der Waals surface area (Å²) in [5, 5.41) is 3.88. The normalized spacial score (nSPS) is 18.1. The molecule has 2 heterocycles. The first-order chi connectivity index (χ1) is 12.9. The van der Waals surface area contributed by atoms with Crippen LogP contribution in [0.4, 0.5) is 8.78 Å². The van der Waals surface area contributed by atoms with Crippen molar-refractivity contribution in [2.75, 3.05) is 6.54 Å². The van der Waals surface area contributed by atoms with Gasteiger partial charge in [-0.2, -0.15) is 9.29 Å². The first kappa shape index (κ1) is 17.7. The number of nitrogens with zero attached hydrogens (tertiary/aromatic N) is 3. The molecule has 0 amide bonds. The molecule has 140 valence electrons. The summed E-state index contributed by atoms with van der Waals surface area (Å²) in [7, 11) is -3.82. The predicted octanol–water partition coefficient (Wildman–Crippen LogP) is 3.54. The molecule has 4 rings (SSSR count). The minimum absolute atomic E-state index is 0.00840. The maximum atomic E-state index is 13.1. The lowest BCUT2D eigenvalue weighted by Gasteiger charge is -2.21. The van der Waals surface area contributed by atoms with Gasteiger partial charge in [-0.05, 0) is 61.4 Å². The zero-order valence-corrected chi connectivity index (χ0v) is 14.9. The van der Waals surface area contributed by atoms with E-state index in [1.165, 1.54) is 40.7 Å². The fourth-order valence-corrected chi connectivity index (χ4v) is 4.75. The fourth-order valence-electron chi connectivity index (χ4n) is 3.10. The first-order valence-electron chi connectivity index (χ1n) is 8.32. The number of rotatable bonds is 4. The van der Waals surface area contributed by atoms with Gasteiger partial charge < -0.3 is 4.52 Å². The maximum absolute atomic E-state index is 13.1. The highest BCUT2D eigenvalue weighted by molar-refractivity contribution is 7.89. The summed E-state index contributed by atoms with van der Waals surface area (Å²) in [5.74, 6) is -0.448. The first-order valence-corrected chi connectivity index (χ1v) is 9.76. The van der Waals surface area contributed by atoms with Crippen molar-refractivity contribution < 1.29 is 21.7 Å². The average molecular weight is 391 g/mol. The van der Waals surface area contributed by atoms with Gasteiger partial charge in [0.05, 0.1) is 4.90 Å². The van der Waals surface area contributed by atoms with Gasteiger partial charge in [-0.1, -0.05) is 5.16 Å². The standard InChI is InChI=1S/C18H15F2N3O3S/c19-13-5-3-12(4-6-13)17-21-18(26-22-17)16-2-1-11-23(16)27(24,25)15-9-7-14(20)8-10-15/h3-10,16H,1-2,11H2/t16-/m0/s1. The Morgan fingerprint density at radius 1 is 1.00 bits per heavy atom. The van der Waals surface area contributed by atoms with Crippen LogP contribution < -0.4 is 0 Å². The van der Waals surface area contributed by atoms with Crippen LogP contribution in [-0.4, -0.2) is 29.4 Å². The van der Waals surface area contributed by atoms with Gasteiger partial charge >= 0.3 is 0 Å². The summed E-state index contributed by atoms with van der Waals surface area (Å²) >= 11 is 0. The van der Waals surface area contributed by atoms with E-state index in [-0.39, 0.29) is 22.4 Å². The van der Waals surface area contributed by atoms with E-state index in [0.29, 0.717) is 24.9 Å². The van der Waals surface area contributed by atoms with Gasteiger partial charge in [-0.25, -0.2) is 17.2 Å². The van der Waals surface area contributed by atoms with Crippen LogP contribution in [0.3, 0.4) is 0 Å². The highest BCUT2D eigenvalue weighted by atomic mass is 32.2. The van der Waals surface area contributed by atoms with Gasteiger partial charge in [0.15, 0.2) is 0 Å². The van der Waals surface area contributed by atoms with Gasteiger partial charge in [0.2, 0.25) is 21.7 Å². The second-order valence-electron chi connectivity index (χ2n) is 6.19. The van der Waals surface area contributed by atoms with E-state index in [1.54, 1.807) is 0 Å². The molecule has 27 heavy (non-hydrogen) atoms. The molecule has 0 aliphatic carbocycles. The smallest absolute Gasteiger partial charge is 0.245 e. The molecule has 2 aromatic carbocycles. The van der Waals surface area contributed by atoms with Crippen LogP contribution in [0.2, 0.25) is 0 Å². The van der Waals surface area contributed by atoms with Crippen molar-refractivity contribution in [3.63, 3.8) is 0 Å². The van der Waals surface area contributed by atoms with E-state index >= 15 is 0 Å². The Morgan fingerprint density at radius 2 is 1.63 bits per heavy atom. The van der Waals surface area contributed by atoms with E-state index in [9.17, 15) is 17.2 Å². The largest absolute Gasteiger partial charge is 0.337 e. The number of hydrogen-bond donors (Lipinski definition) is 0. The summed E-state index contributed by atoms with van der Waals surface area (Å²) in [5.41, 5.74) is 0.567. The lowest BCUT2D eigenvalue weighted by Crippen LogP contribution is -2.30. The third kappa shape index (κ3) is 3.35. The van der Waals surface area contributed by atoms with E-state index in [1.807, 2.05) is 0 Å². The Labute approximate surface area is 154 Å². The van der Waals surface area contributed by atoms with E-state index in [2.05, 4.69) is 10.1 Å². The highest BCUT2D eigenvalue weighted by Crippen LogP contribution is 2.36. The average Bonchev–Trinajstić information content (AvgIpc) is 3.32. The quantitative estimate of drug-likeness (QED) is 0.680. The van der Waals surface area contributed by atoms with Crippen molar-refractivity contribution >= 4 is 10.0 Å². The van der Waals surface area contributed by atoms with Crippen LogP contribution in [0.1, 0.15) is 24.8 Å². The Bertz CT molecular complexity index is 1050. The third-order valence-corrected chi connectivity index (χ3v) is 6.38. The number of aromatic nitrogens is 2. The summed E-state index contributed by atoms with van der Waals surface area (Å²) in [6.45, 7) is 0.304. The molecular weight excluding hydrogens is 376 g/mol. The second kappa shape index (κ2) is 6.82. The van der Waals surface area contributed by atoms with Crippen molar-refractivity contribution in [3.05, 3.63) is 66.1 Å². The molecule has 6 nitrogen and oxygen atoms in total. The molecule has 1 atom stereocenters. The summed E-state index contributed by atoms with van der Waals surface area (Å²) < 4.78 is 58.6. The van der Waals surface area contributed by atoms with Gasteiger partial charge in [-0.3, -0.25) is 0 Å². The van der Waals surface area contributed by atoms with Crippen LogP contribution in [0.25, 0.3) is 11.4 Å². The number of sulfonamides is 1. The molecule has 3 aromatic rings. The van der Waals surface area contributed by atoms with Crippen LogP contribution in [-0.2, 0) is 10.0 Å². The topological polar surface area (TPSA) is 76.3 Å². The Balaban J connectivity index is 1.64. The zero-order valence-electron chi connectivity index (χ0n) is 14.0. The molecule has 0 spiro atoms. The van der Waals surface area contributed by atoms with Crippen molar-refractivity contribution in [1.29, 1.82) is 0 Å². The van der Waals surface area contributed by atoms with Gasteiger partial charge in [0.25, 0.3) is 0 Å². The van der Waals surface area contributed by atoms with Crippen LogP contribution in [0.15, 0.2) is 57.9 Å². The summed E-state index contributed by atoms with van der Waals surface area (Å²) in [4.78, 5) is 4.31. The van der Waals surface area contributed by atoms with E-state index in [4.69, 9.17) is 4.52 Å². The van der Waals surface area contributed by atoms with Crippen LogP contribution >= 0.6 is 0 Å². The molecule has 0 N–H and O–H groups in total. The van der Waals surface area contributed by atoms with Crippen molar-refractivity contribution in [2.24, 2.45) is 0 Å². The minimum atomic E-state index is -3.82. The lowest BCUT2D eigenvalue weighted by atomic mass is 10.2. The molecule has 0 saturated carbocycles. The monoisotopic (exact) mass is 391 g/mol. The molecule has 1 aromatic heterocycles. The van der Waals surface area contributed by atoms with Crippen molar-refractivity contribution in [1.82, 2.24) is 14.4 Å². The molecule has 0 radical (unpaired) electrons. The number of halogens is 2. The third-order valence-electron chi connectivity index (χ3n) is 4.45. The molecule has 1 aliphatic rings. The number of benzene rings is 2. The SMILES string of the molecule is O=S(=O)(c1ccc(F)cc1)N1CCC[C@H]1c1nc(-c2ccc(F)cc2)no1. The molecule has 0 unspecified atom stereocenters. The van der Waals surface area contributed by atoms with Crippen molar-refractivity contribution in [3.8, 4) is 11.4 Å². The molecule has 1 aliphatic heterocycles. The second-order valence-corrected chi connectivity index (χ2v) is 8.08. The van der Waals surface area contributed by atoms with E-state index in [0.717, 1.165) is 12.1 Å². The summed E-state index contributed by atoms with van der Waals surface area (Å²) in [6.07, 6.45) is 1.17. The molecule has 1 fully saturated rings. The lowest BCUT2D eigenvalue weighted by molar-refractivity contribution is 0.290. The Morgan fingerprint density at radius 3 is 2.30 bits per heavy atom. The Hall–Kier alpha value is -2.65. The van der Waals surface area contributed by atoms with Crippen LogP contribution in [0, 0.1) is 11.6 Å².